The van der Waals surface area contributed by atoms with Crippen molar-refractivity contribution in [1.82, 2.24) is 5.32 Å². The normalized spacial score (nSPS) is 14.7. The lowest BCUT2D eigenvalue weighted by atomic mass is 9.94. The number of aliphatic imine (C=N–C) groups is 2. The molecule has 5 nitrogen and oxygen atoms in total. The number of para-hydroxylation sites is 2. The minimum absolute atomic E-state index is 0.363. The van der Waals surface area contributed by atoms with E-state index in [4.69, 9.17) is 18.8 Å². The van der Waals surface area contributed by atoms with Crippen LogP contribution in [0.15, 0.2) is 183 Å². The van der Waals surface area contributed by atoms with E-state index in [-0.39, 0.29) is 6.17 Å². The summed E-state index contributed by atoms with van der Waals surface area (Å²) in [5.41, 5.74) is 8.34. The molecule has 11 rings (SSSR count). The van der Waals surface area contributed by atoms with Crippen LogP contribution in [0, 0.1) is 0 Å². The molecule has 0 amide bonds. The SMILES string of the molecule is c1ccc(C2=NC(c3ccc(-c4cccc5oc6ccccc6c45)c4oc5ccccc5c34)=NC(c3ccc4c(ccc5ccccc54)c3)N2)cc1. The van der Waals surface area contributed by atoms with Crippen LogP contribution in [0.1, 0.15) is 22.9 Å². The van der Waals surface area contributed by atoms with E-state index in [9.17, 15) is 0 Å². The zero-order chi connectivity index (χ0) is 34.2. The highest BCUT2D eigenvalue weighted by Gasteiger charge is 2.26. The van der Waals surface area contributed by atoms with Gasteiger partial charge < -0.3 is 14.2 Å². The largest absolute Gasteiger partial charge is 0.456 e. The third kappa shape index (κ3) is 4.42. The number of hydrogen-bond acceptors (Lipinski definition) is 5. The van der Waals surface area contributed by atoms with Crippen LogP contribution in [-0.4, -0.2) is 11.7 Å². The van der Waals surface area contributed by atoms with Crippen LogP contribution in [0.25, 0.3) is 76.5 Å². The van der Waals surface area contributed by atoms with Crippen LogP contribution in [-0.2, 0) is 0 Å². The van der Waals surface area contributed by atoms with Crippen LogP contribution in [0.3, 0.4) is 0 Å². The summed E-state index contributed by atoms with van der Waals surface area (Å²) in [6.45, 7) is 0. The minimum Gasteiger partial charge on any atom is -0.456 e. The molecule has 52 heavy (non-hydrogen) atoms. The number of benzene rings is 8. The van der Waals surface area contributed by atoms with Crippen molar-refractivity contribution in [3.8, 4) is 11.1 Å². The fourth-order valence-corrected chi connectivity index (χ4v) is 7.91. The van der Waals surface area contributed by atoms with E-state index < -0.39 is 0 Å². The van der Waals surface area contributed by atoms with E-state index in [1.54, 1.807) is 0 Å². The summed E-state index contributed by atoms with van der Waals surface area (Å²) in [6.07, 6.45) is -0.363. The van der Waals surface area contributed by atoms with Gasteiger partial charge in [0, 0.05) is 38.2 Å². The maximum absolute atomic E-state index is 6.76. The van der Waals surface area contributed by atoms with Crippen molar-refractivity contribution in [1.29, 1.82) is 0 Å². The first-order chi connectivity index (χ1) is 25.8. The number of hydrogen-bond donors (Lipinski definition) is 1. The number of furan rings is 2. The summed E-state index contributed by atoms with van der Waals surface area (Å²) in [4.78, 5) is 10.6. The lowest BCUT2D eigenvalue weighted by Gasteiger charge is -2.24. The third-order valence-corrected chi connectivity index (χ3v) is 10.3. The first-order valence-corrected chi connectivity index (χ1v) is 17.5. The van der Waals surface area contributed by atoms with Gasteiger partial charge in [-0.3, -0.25) is 0 Å². The predicted octanol–water partition coefficient (Wildman–Crippen LogP) is 12.0. The molecule has 0 bridgehead atoms. The fraction of sp³-hybridized carbons (Fsp3) is 0.0213. The number of rotatable bonds is 4. The second-order valence-electron chi connectivity index (χ2n) is 13.3. The Labute approximate surface area is 298 Å². The molecule has 2 aromatic heterocycles. The highest BCUT2D eigenvalue weighted by molar-refractivity contribution is 6.25. The molecule has 0 saturated heterocycles. The van der Waals surface area contributed by atoms with Gasteiger partial charge in [-0.2, -0.15) is 0 Å². The average molecular weight is 668 g/mol. The van der Waals surface area contributed by atoms with Gasteiger partial charge in [0.2, 0.25) is 0 Å². The van der Waals surface area contributed by atoms with Gasteiger partial charge in [-0.25, -0.2) is 9.98 Å². The predicted molar refractivity (Wildman–Crippen MR) is 213 cm³/mol. The molecule has 3 heterocycles. The summed E-state index contributed by atoms with van der Waals surface area (Å²) < 4.78 is 13.0. The van der Waals surface area contributed by atoms with Gasteiger partial charge in [-0.1, -0.05) is 127 Å². The standard InChI is InChI=1S/C47H29N3O2/c1-2-12-29(13-3-1)45-48-46(31-23-24-33-30(27-31)22-21-28-11-4-5-14-32(28)33)50-47(49-45)38-26-25-35(44-43(38)37-16-7-9-19-40(37)52-44)34-17-10-20-41-42(34)36-15-6-8-18-39(36)51-41/h1-27,46H,(H,48,49,50). The van der Waals surface area contributed by atoms with Gasteiger partial charge in [0.15, 0.2) is 5.84 Å². The molecule has 244 valence electrons. The van der Waals surface area contributed by atoms with Crippen molar-refractivity contribution in [2.45, 2.75) is 6.17 Å². The van der Waals surface area contributed by atoms with Crippen LogP contribution in [0.2, 0.25) is 0 Å². The van der Waals surface area contributed by atoms with Crippen molar-refractivity contribution < 1.29 is 8.83 Å². The molecule has 1 aliphatic heterocycles. The van der Waals surface area contributed by atoms with E-state index in [1.807, 2.05) is 54.6 Å². The van der Waals surface area contributed by atoms with Gasteiger partial charge in [0.05, 0.1) is 0 Å². The van der Waals surface area contributed by atoms with Crippen molar-refractivity contribution in [2.75, 3.05) is 0 Å². The first-order valence-electron chi connectivity index (χ1n) is 17.5. The van der Waals surface area contributed by atoms with Crippen molar-refractivity contribution >= 4 is 77.1 Å². The molecule has 8 aromatic carbocycles. The summed E-state index contributed by atoms with van der Waals surface area (Å²) in [7, 11) is 0. The molecule has 0 fully saturated rings. The Bertz CT molecular complexity index is 3110. The number of amidine groups is 2. The highest BCUT2D eigenvalue weighted by Crippen LogP contribution is 2.43. The maximum Gasteiger partial charge on any atom is 0.160 e. The van der Waals surface area contributed by atoms with E-state index in [0.717, 1.165) is 77.5 Å². The second kappa shape index (κ2) is 11.3. The third-order valence-electron chi connectivity index (χ3n) is 10.3. The van der Waals surface area contributed by atoms with E-state index in [2.05, 4.69) is 115 Å². The minimum atomic E-state index is -0.363. The Morgan fingerprint density at radius 2 is 1.13 bits per heavy atom. The van der Waals surface area contributed by atoms with E-state index in [1.165, 1.54) is 21.5 Å². The maximum atomic E-state index is 6.76. The van der Waals surface area contributed by atoms with Gasteiger partial charge in [-0.15, -0.1) is 0 Å². The highest BCUT2D eigenvalue weighted by atomic mass is 16.3. The Morgan fingerprint density at radius 3 is 2.00 bits per heavy atom. The Hall–Kier alpha value is -6.98. The van der Waals surface area contributed by atoms with E-state index in [0.29, 0.717) is 5.84 Å². The molecule has 0 spiro atoms. The van der Waals surface area contributed by atoms with Crippen LogP contribution < -0.4 is 5.32 Å². The van der Waals surface area contributed by atoms with Crippen LogP contribution >= 0.6 is 0 Å². The molecule has 1 atom stereocenters. The Balaban J connectivity index is 1.14. The number of nitrogens with one attached hydrogen (secondary N) is 1. The molecule has 1 aliphatic rings. The molecule has 0 aliphatic carbocycles. The Kier molecular flexibility index (Phi) is 6.25. The fourth-order valence-electron chi connectivity index (χ4n) is 7.91. The molecule has 0 saturated carbocycles. The summed E-state index contributed by atoms with van der Waals surface area (Å²) >= 11 is 0. The topological polar surface area (TPSA) is 63.0 Å². The number of nitrogens with zero attached hydrogens (tertiary/aromatic N) is 2. The molecule has 0 radical (unpaired) electrons. The second-order valence-corrected chi connectivity index (χ2v) is 13.3. The first kappa shape index (κ1) is 28.8. The molecular formula is C47H29N3O2. The molecule has 5 heteroatoms. The van der Waals surface area contributed by atoms with Crippen molar-refractivity contribution in [3.63, 3.8) is 0 Å². The lowest BCUT2D eigenvalue weighted by Crippen LogP contribution is -2.33. The van der Waals surface area contributed by atoms with Gasteiger partial charge >= 0.3 is 0 Å². The lowest BCUT2D eigenvalue weighted by molar-refractivity contribution is 0.668. The number of fused-ring (bicyclic) bond motifs is 9. The van der Waals surface area contributed by atoms with Crippen LogP contribution in [0.4, 0.5) is 0 Å². The van der Waals surface area contributed by atoms with Crippen molar-refractivity contribution in [2.24, 2.45) is 9.98 Å². The molecule has 10 aromatic rings. The Morgan fingerprint density at radius 1 is 0.462 bits per heavy atom. The molecule has 1 N–H and O–H groups in total. The zero-order valence-corrected chi connectivity index (χ0v) is 27.9. The van der Waals surface area contributed by atoms with Gasteiger partial charge in [-0.05, 0) is 69.1 Å². The average Bonchev–Trinajstić information content (AvgIpc) is 3.80. The smallest absolute Gasteiger partial charge is 0.160 e. The summed E-state index contributed by atoms with van der Waals surface area (Å²) in [5.74, 6) is 1.42. The molecule has 1 unspecified atom stereocenters. The molecular weight excluding hydrogens is 639 g/mol. The van der Waals surface area contributed by atoms with E-state index >= 15 is 0 Å². The van der Waals surface area contributed by atoms with Crippen LogP contribution in [0.5, 0.6) is 0 Å². The monoisotopic (exact) mass is 667 g/mol. The van der Waals surface area contributed by atoms with Crippen molar-refractivity contribution in [3.05, 3.63) is 180 Å². The zero-order valence-electron chi connectivity index (χ0n) is 27.9. The van der Waals surface area contributed by atoms with Gasteiger partial charge in [0.1, 0.15) is 34.3 Å². The summed E-state index contributed by atoms with van der Waals surface area (Å²) in [5, 5.41) is 12.7. The summed E-state index contributed by atoms with van der Waals surface area (Å²) in [6, 6.07) is 56.8. The quantitative estimate of drug-likeness (QED) is 0.190. The van der Waals surface area contributed by atoms with Gasteiger partial charge in [0.25, 0.3) is 0 Å².